The van der Waals surface area contributed by atoms with Crippen molar-refractivity contribution in [2.45, 2.75) is 12.6 Å². The highest BCUT2D eigenvalue weighted by Crippen LogP contribution is 2.31. The lowest BCUT2D eigenvalue weighted by atomic mass is 10.2. The summed E-state index contributed by atoms with van der Waals surface area (Å²) in [6, 6.07) is 4.84. The molecule has 2 N–H and O–H groups in total. The highest BCUT2D eigenvalue weighted by atomic mass is 127. The lowest BCUT2D eigenvalue weighted by Crippen LogP contribution is -2.42. The third-order valence-corrected chi connectivity index (χ3v) is 3.72. The molecule has 0 radical (unpaired) electrons. The molecule has 10 heteroatoms. The number of nitrogens with one attached hydrogen (secondary N) is 2. The lowest BCUT2D eigenvalue weighted by Gasteiger charge is -2.18. The van der Waals surface area contributed by atoms with Gasteiger partial charge in [0.25, 0.3) is 0 Å². The van der Waals surface area contributed by atoms with E-state index in [1.165, 1.54) is 12.1 Å². The fraction of sp³-hybridized carbons (Fsp3) is 0.611. The molecule has 0 unspecified atom stereocenters. The maximum absolute atomic E-state index is 12.7. The average Bonchev–Trinajstić information content (AvgIpc) is 2.63. The molecule has 0 amide bonds. The Hall–Kier alpha value is -1.27. The molecule has 0 saturated carbocycles. The SMILES string of the molecule is CN=C(NCCOc1cccc(C(F)(F)F)c1)NCCN(C)CCCOC.I. The minimum atomic E-state index is -4.37. The van der Waals surface area contributed by atoms with Crippen molar-refractivity contribution in [2.75, 3.05) is 60.6 Å². The fourth-order valence-electron chi connectivity index (χ4n) is 2.28. The van der Waals surface area contributed by atoms with Crippen LogP contribution in [0.25, 0.3) is 0 Å². The van der Waals surface area contributed by atoms with E-state index >= 15 is 0 Å². The summed E-state index contributed by atoms with van der Waals surface area (Å²) in [6.07, 6.45) is -3.40. The number of nitrogens with zero attached hydrogens (tertiary/aromatic N) is 2. The predicted octanol–water partition coefficient (Wildman–Crippen LogP) is 2.84. The van der Waals surface area contributed by atoms with Crippen LogP contribution in [0.5, 0.6) is 5.75 Å². The molecule has 0 aliphatic rings. The van der Waals surface area contributed by atoms with E-state index in [2.05, 4.69) is 20.5 Å². The number of ether oxygens (including phenoxy) is 2. The molecule has 1 aromatic carbocycles. The summed E-state index contributed by atoms with van der Waals surface area (Å²) in [4.78, 5) is 6.29. The molecule has 1 aromatic rings. The van der Waals surface area contributed by atoms with E-state index in [1.54, 1.807) is 14.2 Å². The number of likely N-dealkylation sites (N-methyl/N-ethyl adjacent to an activating group) is 1. The standard InChI is InChI=1S/C18H29F3N4O2.HI/c1-22-17(23-8-11-25(2)10-5-12-26-3)24-9-13-27-16-7-4-6-15(14-16)18(19,20)21;/h4,6-7,14H,5,8-13H2,1-3H3,(H2,22,23,24);1H. The first-order chi connectivity index (χ1) is 12.9. The molecule has 28 heavy (non-hydrogen) atoms. The van der Waals surface area contributed by atoms with E-state index in [1.807, 2.05) is 7.05 Å². The number of hydrogen-bond acceptors (Lipinski definition) is 4. The fourth-order valence-corrected chi connectivity index (χ4v) is 2.28. The smallest absolute Gasteiger partial charge is 0.416 e. The van der Waals surface area contributed by atoms with Crippen LogP contribution >= 0.6 is 24.0 Å². The highest BCUT2D eigenvalue weighted by molar-refractivity contribution is 14.0. The Morgan fingerprint density at radius 3 is 2.50 bits per heavy atom. The third-order valence-electron chi connectivity index (χ3n) is 3.72. The molecule has 0 aliphatic heterocycles. The van der Waals surface area contributed by atoms with Gasteiger partial charge in [0.2, 0.25) is 0 Å². The Bertz CT molecular complexity index is 574. The van der Waals surface area contributed by atoms with Crippen molar-refractivity contribution in [1.29, 1.82) is 0 Å². The van der Waals surface area contributed by atoms with Crippen molar-refractivity contribution >= 4 is 29.9 Å². The summed E-state index contributed by atoms with van der Waals surface area (Å²) >= 11 is 0. The first-order valence-corrected chi connectivity index (χ1v) is 8.79. The number of alkyl halides is 3. The second-order valence-electron chi connectivity index (χ2n) is 5.95. The molecule has 0 aliphatic carbocycles. The molecular weight excluding hydrogens is 488 g/mol. The second-order valence-corrected chi connectivity index (χ2v) is 5.95. The van der Waals surface area contributed by atoms with Crippen LogP contribution in [-0.4, -0.2) is 71.5 Å². The molecule has 0 bridgehead atoms. The number of guanidine groups is 1. The summed E-state index contributed by atoms with van der Waals surface area (Å²) in [6.45, 7) is 3.90. The van der Waals surface area contributed by atoms with E-state index in [0.29, 0.717) is 12.5 Å². The van der Waals surface area contributed by atoms with Gasteiger partial charge >= 0.3 is 6.18 Å². The number of rotatable bonds is 11. The zero-order valence-corrected chi connectivity index (χ0v) is 18.8. The van der Waals surface area contributed by atoms with Crippen LogP contribution in [0.15, 0.2) is 29.3 Å². The second kappa shape index (κ2) is 14.7. The molecular formula is C18H30F3IN4O2. The van der Waals surface area contributed by atoms with Crippen molar-refractivity contribution in [3.8, 4) is 5.75 Å². The van der Waals surface area contributed by atoms with E-state index in [0.717, 1.165) is 44.8 Å². The Labute approximate surface area is 181 Å². The minimum absolute atomic E-state index is 0. The van der Waals surface area contributed by atoms with E-state index in [9.17, 15) is 13.2 Å². The first-order valence-electron chi connectivity index (χ1n) is 8.79. The van der Waals surface area contributed by atoms with Crippen molar-refractivity contribution < 1.29 is 22.6 Å². The summed E-state index contributed by atoms with van der Waals surface area (Å²) in [7, 11) is 5.38. The van der Waals surface area contributed by atoms with Gasteiger partial charge in [-0.05, 0) is 31.7 Å². The molecule has 0 spiro atoms. The zero-order chi connectivity index (χ0) is 20.1. The molecule has 0 fully saturated rings. The maximum atomic E-state index is 12.7. The van der Waals surface area contributed by atoms with Gasteiger partial charge in [0, 0.05) is 40.4 Å². The van der Waals surface area contributed by atoms with E-state index < -0.39 is 11.7 Å². The van der Waals surface area contributed by atoms with Gasteiger partial charge in [-0.15, -0.1) is 24.0 Å². The van der Waals surface area contributed by atoms with Gasteiger partial charge < -0.3 is 25.0 Å². The molecule has 1 rings (SSSR count). The summed E-state index contributed by atoms with van der Waals surface area (Å²) in [5.41, 5.74) is -0.722. The normalized spacial score (nSPS) is 11.9. The van der Waals surface area contributed by atoms with Crippen LogP contribution in [0.2, 0.25) is 0 Å². The van der Waals surface area contributed by atoms with Crippen LogP contribution < -0.4 is 15.4 Å². The monoisotopic (exact) mass is 518 g/mol. The maximum Gasteiger partial charge on any atom is 0.416 e. The first kappa shape index (κ1) is 26.7. The Morgan fingerprint density at radius 1 is 1.14 bits per heavy atom. The van der Waals surface area contributed by atoms with Crippen molar-refractivity contribution in [1.82, 2.24) is 15.5 Å². The van der Waals surface area contributed by atoms with Gasteiger partial charge in [-0.25, -0.2) is 0 Å². The molecule has 0 atom stereocenters. The minimum Gasteiger partial charge on any atom is -0.492 e. The number of hydrogen-bond donors (Lipinski definition) is 2. The number of methoxy groups -OCH3 is 1. The third kappa shape index (κ3) is 11.5. The van der Waals surface area contributed by atoms with Gasteiger partial charge in [-0.3, -0.25) is 4.99 Å². The highest BCUT2D eigenvalue weighted by Gasteiger charge is 2.30. The molecule has 0 heterocycles. The Kier molecular flexibility index (Phi) is 14.0. The lowest BCUT2D eigenvalue weighted by molar-refractivity contribution is -0.137. The van der Waals surface area contributed by atoms with Gasteiger partial charge in [0.1, 0.15) is 12.4 Å². The number of benzene rings is 1. The van der Waals surface area contributed by atoms with E-state index in [-0.39, 0.29) is 36.3 Å². The topological polar surface area (TPSA) is 58.1 Å². The summed E-state index contributed by atoms with van der Waals surface area (Å²) in [5.74, 6) is 0.806. The van der Waals surface area contributed by atoms with Crippen LogP contribution in [-0.2, 0) is 10.9 Å². The van der Waals surface area contributed by atoms with E-state index in [4.69, 9.17) is 9.47 Å². The average molecular weight is 518 g/mol. The van der Waals surface area contributed by atoms with Gasteiger partial charge in [-0.2, -0.15) is 13.2 Å². The van der Waals surface area contributed by atoms with Crippen LogP contribution in [0, 0.1) is 0 Å². The number of aliphatic imine (C=N–C) groups is 1. The van der Waals surface area contributed by atoms with Crippen LogP contribution in [0.1, 0.15) is 12.0 Å². The van der Waals surface area contributed by atoms with Crippen molar-refractivity contribution in [3.05, 3.63) is 29.8 Å². The Morgan fingerprint density at radius 2 is 1.86 bits per heavy atom. The molecule has 162 valence electrons. The van der Waals surface area contributed by atoms with Gasteiger partial charge in [-0.1, -0.05) is 6.07 Å². The van der Waals surface area contributed by atoms with Crippen molar-refractivity contribution in [2.24, 2.45) is 4.99 Å². The molecule has 0 saturated heterocycles. The van der Waals surface area contributed by atoms with Gasteiger partial charge in [0.05, 0.1) is 12.1 Å². The summed E-state index contributed by atoms with van der Waals surface area (Å²) < 4.78 is 48.4. The van der Waals surface area contributed by atoms with Crippen molar-refractivity contribution in [3.63, 3.8) is 0 Å². The molecule has 6 nitrogen and oxygen atoms in total. The molecule has 0 aromatic heterocycles. The largest absolute Gasteiger partial charge is 0.492 e. The zero-order valence-electron chi connectivity index (χ0n) is 16.5. The Balaban J connectivity index is 0.00000729. The predicted molar refractivity (Wildman–Crippen MR) is 116 cm³/mol. The summed E-state index contributed by atoms with van der Waals surface area (Å²) in [5, 5.41) is 6.24. The van der Waals surface area contributed by atoms with Crippen LogP contribution in [0.4, 0.5) is 13.2 Å². The van der Waals surface area contributed by atoms with Crippen LogP contribution in [0.3, 0.4) is 0 Å². The quantitative estimate of drug-likeness (QED) is 0.204. The van der Waals surface area contributed by atoms with Gasteiger partial charge in [0.15, 0.2) is 5.96 Å². The number of halogens is 4.